The summed E-state index contributed by atoms with van der Waals surface area (Å²) in [7, 11) is -3.90. The first-order valence-corrected chi connectivity index (χ1v) is 12.2. The molecule has 1 heterocycles. The average Bonchev–Trinajstić information content (AvgIpc) is 3.32. The molecule has 2 amide bonds. The van der Waals surface area contributed by atoms with Crippen molar-refractivity contribution in [1.29, 1.82) is 0 Å². The van der Waals surface area contributed by atoms with Gasteiger partial charge < -0.3 is 10.1 Å². The first-order chi connectivity index (χ1) is 16.3. The molecule has 4 rings (SSSR count). The van der Waals surface area contributed by atoms with E-state index < -0.39 is 34.0 Å². The molecule has 1 aliphatic heterocycles. The number of ether oxygens (including phenoxy) is 1. The van der Waals surface area contributed by atoms with Gasteiger partial charge in [-0.1, -0.05) is 37.0 Å². The fourth-order valence-corrected chi connectivity index (χ4v) is 5.39. The van der Waals surface area contributed by atoms with E-state index in [0.717, 1.165) is 18.9 Å². The Kier molecular flexibility index (Phi) is 6.41. The van der Waals surface area contributed by atoms with Crippen LogP contribution in [-0.4, -0.2) is 44.9 Å². The molecule has 34 heavy (non-hydrogen) atoms. The Morgan fingerprint density at radius 1 is 1.15 bits per heavy atom. The van der Waals surface area contributed by atoms with Crippen LogP contribution in [0.1, 0.15) is 36.0 Å². The van der Waals surface area contributed by atoms with E-state index in [9.17, 15) is 22.8 Å². The third kappa shape index (κ3) is 4.27. The summed E-state index contributed by atoms with van der Waals surface area (Å²) < 4.78 is 32.0. The highest BCUT2D eigenvalue weighted by Crippen LogP contribution is 2.45. The molecule has 2 aliphatic rings. The van der Waals surface area contributed by atoms with E-state index in [1.54, 1.807) is 24.3 Å². The Morgan fingerprint density at radius 3 is 2.62 bits per heavy atom. The summed E-state index contributed by atoms with van der Waals surface area (Å²) in [5.41, 5.74) is 0.0118. The van der Waals surface area contributed by atoms with Crippen molar-refractivity contribution in [2.24, 2.45) is 0 Å². The highest BCUT2D eigenvalue weighted by Gasteiger charge is 2.52. The third-order valence-corrected chi connectivity index (χ3v) is 7.39. The van der Waals surface area contributed by atoms with Crippen LogP contribution in [-0.2, 0) is 24.3 Å². The summed E-state index contributed by atoms with van der Waals surface area (Å²) in [6.45, 7) is -0.799. The van der Waals surface area contributed by atoms with Gasteiger partial charge in [0.2, 0.25) is 10.0 Å². The number of hydrogen-bond acceptors (Lipinski definition) is 6. The van der Waals surface area contributed by atoms with E-state index in [1.165, 1.54) is 23.1 Å². The predicted octanol–water partition coefficient (Wildman–Crippen LogP) is 2.05. The van der Waals surface area contributed by atoms with Crippen molar-refractivity contribution < 1.29 is 27.5 Å². The number of hydrogen-bond donors (Lipinski definition) is 2. The van der Waals surface area contributed by atoms with Gasteiger partial charge in [-0.2, -0.15) is 4.72 Å². The maximum Gasteiger partial charge on any atom is 0.338 e. The second kappa shape index (κ2) is 9.29. The maximum absolute atomic E-state index is 13.3. The largest absolute Gasteiger partial charge is 0.452 e. The van der Waals surface area contributed by atoms with Crippen LogP contribution in [0.3, 0.4) is 0 Å². The molecule has 9 nitrogen and oxygen atoms in total. The average molecular weight is 482 g/mol. The number of nitrogens with zero attached hydrogens (tertiary/aromatic N) is 1. The number of nitrogens with one attached hydrogen (secondary N) is 2. The minimum absolute atomic E-state index is 0.0382. The number of esters is 1. The van der Waals surface area contributed by atoms with E-state index in [-0.39, 0.29) is 22.9 Å². The molecule has 1 fully saturated rings. The number of amides is 2. The van der Waals surface area contributed by atoms with Crippen LogP contribution >= 0.6 is 0 Å². The fraction of sp³-hybridized carbons (Fsp3) is 0.292. The zero-order valence-electron chi connectivity index (χ0n) is 18.2. The fourth-order valence-electron chi connectivity index (χ4n) is 4.41. The molecule has 0 aromatic heterocycles. The van der Waals surface area contributed by atoms with Crippen LogP contribution in [0.5, 0.6) is 0 Å². The highest BCUT2D eigenvalue weighted by atomic mass is 32.2. The summed E-state index contributed by atoms with van der Waals surface area (Å²) in [5.74, 6) is 0.530. The summed E-state index contributed by atoms with van der Waals surface area (Å²) in [5, 5.41) is 2.89. The van der Waals surface area contributed by atoms with Gasteiger partial charge in [0.1, 0.15) is 5.54 Å². The monoisotopic (exact) mass is 481 g/mol. The summed E-state index contributed by atoms with van der Waals surface area (Å²) >= 11 is 0. The Morgan fingerprint density at radius 2 is 1.88 bits per heavy atom. The first-order valence-electron chi connectivity index (χ1n) is 10.7. The van der Waals surface area contributed by atoms with Crippen LogP contribution in [0, 0.1) is 12.3 Å². The molecule has 0 atom stereocenters. The summed E-state index contributed by atoms with van der Waals surface area (Å²) in [6.07, 6.45) is 7.71. The van der Waals surface area contributed by atoms with Crippen molar-refractivity contribution in [3.05, 3.63) is 54.1 Å². The molecule has 0 unspecified atom stereocenters. The topological polar surface area (TPSA) is 122 Å². The number of rotatable bonds is 6. The van der Waals surface area contributed by atoms with Crippen molar-refractivity contribution in [2.45, 2.75) is 36.1 Å². The minimum atomic E-state index is -3.90. The van der Waals surface area contributed by atoms with Crippen molar-refractivity contribution in [2.75, 3.05) is 23.4 Å². The summed E-state index contributed by atoms with van der Waals surface area (Å²) in [4.78, 5) is 40.2. The Bertz CT molecular complexity index is 1290. The lowest BCUT2D eigenvalue weighted by Crippen LogP contribution is -2.61. The number of para-hydroxylation sites is 2. The molecule has 10 heteroatoms. The van der Waals surface area contributed by atoms with Gasteiger partial charge in [-0.15, -0.1) is 6.42 Å². The Labute approximate surface area is 197 Å². The van der Waals surface area contributed by atoms with Crippen LogP contribution in [0.2, 0.25) is 0 Å². The van der Waals surface area contributed by atoms with E-state index in [2.05, 4.69) is 16.0 Å². The standard InChI is InChI=1S/C24H23N3O6S/c1-2-14-25-34(31,32)18-9-7-8-17(15-18)22(29)33-16-21(28)27-20-11-4-3-10-19(20)26-23(30)24(27)12-5-6-13-24/h1,3-4,7-11,15,25H,5-6,12-14,16H2,(H,26,30). The Balaban J connectivity index is 1.53. The van der Waals surface area contributed by atoms with Crippen LogP contribution in [0.25, 0.3) is 0 Å². The molecule has 0 radical (unpaired) electrons. The van der Waals surface area contributed by atoms with Gasteiger partial charge in [-0.25, -0.2) is 13.2 Å². The third-order valence-electron chi connectivity index (χ3n) is 5.99. The normalized spacial score (nSPS) is 16.4. The molecule has 0 saturated heterocycles. The van der Waals surface area contributed by atoms with Gasteiger partial charge in [0.15, 0.2) is 6.61 Å². The molecule has 2 N–H and O–H groups in total. The van der Waals surface area contributed by atoms with Crippen LogP contribution in [0.4, 0.5) is 11.4 Å². The van der Waals surface area contributed by atoms with E-state index in [1.807, 2.05) is 0 Å². The number of benzene rings is 2. The maximum atomic E-state index is 13.3. The van der Waals surface area contributed by atoms with Gasteiger partial charge in [-0.05, 0) is 43.2 Å². The number of carbonyl (C=O) groups is 3. The first kappa shape index (κ1) is 23.5. The molecule has 1 aliphatic carbocycles. The molecule has 1 saturated carbocycles. The second-order valence-corrected chi connectivity index (χ2v) is 9.84. The molecular weight excluding hydrogens is 458 g/mol. The van der Waals surface area contributed by atoms with Crippen LogP contribution in [0.15, 0.2) is 53.4 Å². The summed E-state index contributed by atoms with van der Waals surface area (Å²) in [6, 6.07) is 12.2. The van der Waals surface area contributed by atoms with Gasteiger partial charge in [0.25, 0.3) is 11.8 Å². The lowest BCUT2D eigenvalue weighted by atomic mass is 9.90. The molecule has 2 aromatic rings. The van der Waals surface area contributed by atoms with Gasteiger partial charge in [0.05, 0.1) is 28.4 Å². The number of anilines is 2. The van der Waals surface area contributed by atoms with Crippen molar-refractivity contribution in [3.8, 4) is 12.3 Å². The van der Waals surface area contributed by atoms with Gasteiger partial charge in [-0.3, -0.25) is 14.5 Å². The van der Waals surface area contributed by atoms with Gasteiger partial charge >= 0.3 is 5.97 Å². The lowest BCUT2D eigenvalue weighted by molar-refractivity contribution is -0.129. The lowest BCUT2D eigenvalue weighted by Gasteiger charge is -2.44. The molecule has 1 spiro atoms. The zero-order valence-corrected chi connectivity index (χ0v) is 19.1. The van der Waals surface area contributed by atoms with Crippen molar-refractivity contribution in [1.82, 2.24) is 4.72 Å². The minimum Gasteiger partial charge on any atom is -0.452 e. The molecule has 176 valence electrons. The van der Waals surface area contributed by atoms with E-state index >= 15 is 0 Å². The van der Waals surface area contributed by atoms with E-state index in [4.69, 9.17) is 11.2 Å². The number of sulfonamides is 1. The van der Waals surface area contributed by atoms with Gasteiger partial charge in [0, 0.05) is 0 Å². The quantitative estimate of drug-likeness (QED) is 0.481. The number of terminal acetylenes is 1. The van der Waals surface area contributed by atoms with E-state index in [0.29, 0.717) is 24.2 Å². The Hall–Kier alpha value is -3.68. The molecule has 2 aromatic carbocycles. The predicted molar refractivity (Wildman–Crippen MR) is 125 cm³/mol. The van der Waals surface area contributed by atoms with Crippen molar-refractivity contribution >= 4 is 39.2 Å². The number of fused-ring (bicyclic) bond motifs is 1. The smallest absolute Gasteiger partial charge is 0.338 e. The van der Waals surface area contributed by atoms with Crippen molar-refractivity contribution in [3.63, 3.8) is 0 Å². The number of carbonyl (C=O) groups excluding carboxylic acids is 3. The highest BCUT2D eigenvalue weighted by molar-refractivity contribution is 7.89. The SMILES string of the molecule is C#CCNS(=O)(=O)c1cccc(C(=O)OCC(=O)N2c3ccccc3NC(=O)C23CCCC3)c1. The van der Waals surface area contributed by atoms with Crippen LogP contribution < -0.4 is 14.9 Å². The zero-order chi connectivity index (χ0) is 24.3. The molecular formula is C24H23N3O6S. The molecule has 0 bridgehead atoms. The second-order valence-electron chi connectivity index (χ2n) is 8.07.